The molecule has 0 aromatic heterocycles. The smallest absolute Gasteiger partial charge is 0.338 e. The van der Waals surface area contributed by atoms with Gasteiger partial charge in [-0.3, -0.25) is 0 Å². The Bertz CT molecular complexity index is 761. The number of benzene rings is 1. The maximum atomic E-state index is 13.0. The number of ether oxygens (including phenoxy) is 2. The third-order valence-electron chi connectivity index (χ3n) is 7.15. The van der Waals surface area contributed by atoms with E-state index in [1.807, 2.05) is 0 Å². The first kappa shape index (κ1) is 20.1. The summed E-state index contributed by atoms with van der Waals surface area (Å²) in [5.74, 6) is -4.39. The second-order valence-corrected chi connectivity index (χ2v) is 8.81. The van der Waals surface area contributed by atoms with Crippen LogP contribution in [0.15, 0.2) is 24.3 Å². The van der Waals surface area contributed by atoms with Crippen LogP contribution in [0.3, 0.4) is 0 Å². The fraction of sp³-hybridized carbons (Fsp3) is 0.636. The standard InChI is InChI=1S/C22H26F2O5/c1-2-21(16-8-13-7-14(10-16)11-17(21)9-13)29-18-5-3-15(4-6-18)19(25)28-12-22(23,24)20(26)27/h3-6,13-14,16-17H,2,7-12H2,1H3,(H,26,27)/p-1. The molecule has 4 aliphatic rings. The molecule has 29 heavy (non-hydrogen) atoms. The van der Waals surface area contributed by atoms with E-state index in [4.69, 9.17) is 4.74 Å². The molecule has 158 valence electrons. The van der Waals surface area contributed by atoms with Gasteiger partial charge in [0, 0.05) is 0 Å². The zero-order chi connectivity index (χ0) is 20.8. The summed E-state index contributed by atoms with van der Waals surface area (Å²) in [7, 11) is 0. The molecule has 0 atom stereocenters. The molecule has 4 fully saturated rings. The molecule has 7 heteroatoms. The molecule has 0 amide bonds. The lowest BCUT2D eigenvalue weighted by Gasteiger charge is -2.60. The predicted molar refractivity (Wildman–Crippen MR) is 97.4 cm³/mol. The molecular formula is C22H25F2O5-. The first-order valence-corrected chi connectivity index (χ1v) is 10.3. The van der Waals surface area contributed by atoms with Crippen molar-refractivity contribution < 1.29 is 33.0 Å². The van der Waals surface area contributed by atoms with E-state index >= 15 is 0 Å². The Morgan fingerprint density at radius 2 is 1.62 bits per heavy atom. The van der Waals surface area contributed by atoms with Crippen LogP contribution in [0.4, 0.5) is 8.78 Å². The second-order valence-electron chi connectivity index (χ2n) is 8.81. The lowest BCUT2D eigenvalue weighted by molar-refractivity contribution is -0.331. The quantitative estimate of drug-likeness (QED) is 0.649. The molecule has 0 spiro atoms. The van der Waals surface area contributed by atoms with E-state index in [2.05, 4.69) is 11.7 Å². The summed E-state index contributed by atoms with van der Waals surface area (Å²) in [6, 6.07) is 6.20. The van der Waals surface area contributed by atoms with Crippen molar-refractivity contribution in [1.29, 1.82) is 0 Å². The highest BCUT2D eigenvalue weighted by Crippen LogP contribution is 2.60. The van der Waals surface area contributed by atoms with Gasteiger partial charge < -0.3 is 19.4 Å². The molecule has 4 bridgehead atoms. The highest BCUT2D eigenvalue weighted by atomic mass is 19.3. The molecule has 5 nitrogen and oxygen atoms in total. The Kier molecular flexibility index (Phi) is 5.03. The fourth-order valence-electron chi connectivity index (χ4n) is 5.98. The minimum atomic E-state index is -4.22. The number of halogens is 2. The van der Waals surface area contributed by atoms with Crippen LogP contribution in [0.1, 0.15) is 55.8 Å². The van der Waals surface area contributed by atoms with Crippen LogP contribution in [-0.2, 0) is 9.53 Å². The number of esters is 1. The summed E-state index contributed by atoms with van der Waals surface area (Å²) >= 11 is 0. The molecule has 0 radical (unpaired) electrons. The van der Waals surface area contributed by atoms with Crippen molar-refractivity contribution >= 4 is 11.9 Å². The van der Waals surface area contributed by atoms with Crippen molar-refractivity contribution in [2.45, 2.75) is 57.0 Å². The average molecular weight is 407 g/mol. The van der Waals surface area contributed by atoms with E-state index in [9.17, 15) is 23.5 Å². The van der Waals surface area contributed by atoms with E-state index in [-0.39, 0.29) is 11.2 Å². The summed E-state index contributed by atoms with van der Waals surface area (Å²) in [5, 5.41) is 10.3. The molecule has 4 aliphatic carbocycles. The highest BCUT2D eigenvalue weighted by molar-refractivity contribution is 5.89. The molecule has 0 saturated heterocycles. The maximum absolute atomic E-state index is 13.0. The van der Waals surface area contributed by atoms with Gasteiger partial charge in [0.1, 0.15) is 17.3 Å². The third-order valence-corrected chi connectivity index (χ3v) is 7.15. The van der Waals surface area contributed by atoms with Crippen molar-refractivity contribution in [2.24, 2.45) is 23.7 Å². The lowest BCUT2D eigenvalue weighted by Crippen LogP contribution is -2.60. The van der Waals surface area contributed by atoms with Gasteiger partial charge in [-0.1, -0.05) is 6.92 Å². The fourth-order valence-corrected chi connectivity index (χ4v) is 5.98. The van der Waals surface area contributed by atoms with Gasteiger partial charge in [-0.25, -0.2) is 4.79 Å². The van der Waals surface area contributed by atoms with Gasteiger partial charge in [-0.05, 0) is 86.5 Å². The second kappa shape index (κ2) is 7.26. The van der Waals surface area contributed by atoms with Crippen molar-refractivity contribution in [1.82, 2.24) is 0 Å². The normalized spacial score (nSPS) is 32.8. The number of rotatable bonds is 7. The summed E-state index contributed by atoms with van der Waals surface area (Å²) < 4.78 is 37.0. The van der Waals surface area contributed by atoms with Crippen LogP contribution in [0.5, 0.6) is 5.75 Å². The molecule has 0 heterocycles. The van der Waals surface area contributed by atoms with Gasteiger partial charge in [0.2, 0.25) is 0 Å². The molecular weight excluding hydrogens is 382 g/mol. The van der Waals surface area contributed by atoms with E-state index in [1.165, 1.54) is 44.2 Å². The summed E-state index contributed by atoms with van der Waals surface area (Å²) in [6.45, 7) is 0.614. The highest BCUT2D eigenvalue weighted by Gasteiger charge is 2.58. The number of hydrogen-bond acceptors (Lipinski definition) is 5. The summed E-state index contributed by atoms with van der Waals surface area (Å²) in [5.41, 5.74) is -0.117. The molecule has 1 aromatic rings. The average Bonchev–Trinajstić information content (AvgIpc) is 2.69. The zero-order valence-corrected chi connectivity index (χ0v) is 16.4. The van der Waals surface area contributed by atoms with Crippen molar-refractivity contribution in [3.05, 3.63) is 29.8 Å². The van der Waals surface area contributed by atoms with Gasteiger partial charge in [0.15, 0.2) is 6.61 Å². The van der Waals surface area contributed by atoms with Crippen molar-refractivity contribution in [3.8, 4) is 5.75 Å². The van der Waals surface area contributed by atoms with Crippen LogP contribution < -0.4 is 9.84 Å². The van der Waals surface area contributed by atoms with Crippen LogP contribution >= 0.6 is 0 Å². The zero-order valence-electron chi connectivity index (χ0n) is 16.4. The van der Waals surface area contributed by atoms with Gasteiger partial charge >= 0.3 is 11.9 Å². The first-order valence-electron chi connectivity index (χ1n) is 10.3. The van der Waals surface area contributed by atoms with Crippen molar-refractivity contribution in [2.75, 3.05) is 6.61 Å². The van der Waals surface area contributed by atoms with E-state index in [0.29, 0.717) is 17.6 Å². The SMILES string of the molecule is CCC1(Oc2ccc(C(=O)OCC(F)(F)C(=O)[O-])cc2)C2CC3CC(C2)CC1C3. The Hall–Kier alpha value is -2.18. The Labute approximate surface area is 168 Å². The lowest BCUT2D eigenvalue weighted by atomic mass is 9.49. The van der Waals surface area contributed by atoms with Gasteiger partial charge in [-0.2, -0.15) is 8.78 Å². The number of aliphatic carboxylic acids is 1. The maximum Gasteiger partial charge on any atom is 0.338 e. The number of carboxylic acid groups (broad SMARTS) is 1. The summed E-state index contributed by atoms with van der Waals surface area (Å²) in [4.78, 5) is 22.2. The Balaban J connectivity index is 1.43. The van der Waals surface area contributed by atoms with E-state index in [1.54, 1.807) is 12.1 Å². The molecule has 1 aromatic carbocycles. The number of carboxylic acids is 1. The monoisotopic (exact) mass is 407 g/mol. The van der Waals surface area contributed by atoms with Crippen LogP contribution in [0, 0.1) is 23.7 Å². The predicted octanol–water partition coefficient (Wildman–Crippen LogP) is 3.21. The first-order chi connectivity index (χ1) is 13.7. The van der Waals surface area contributed by atoms with E-state index in [0.717, 1.165) is 18.3 Å². The van der Waals surface area contributed by atoms with Crippen LogP contribution in [0.2, 0.25) is 0 Å². The van der Waals surface area contributed by atoms with Crippen LogP contribution in [-0.4, -0.2) is 30.1 Å². The van der Waals surface area contributed by atoms with E-state index < -0.39 is 24.5 Å². The summed E-state index contributed by atoms with van der Waals surface area (Å²) in [6.07, 6.45) is 7.18. The number of carbonyl (C=O) groups is 2. The molecule has 5 rings (SSSR count). The minimum absolute atomic E-state index is 0.0575. The van der Waals surface area contributed by atoms with Gasteiger partial charge in [0.05, 0.1) is 5.56 Å². The van der Waals surface area contributed by atoms with Crippen molar-refractivity contribution in [3.63, 3.8) is 0 Å². The molecule has 0 N–H and O–H groups in total. The Morgan fingerprint density at radius 1 is 1.07 bits per heavy atom. The molecule has 0 aliphatic heterocycles. The number of hydrogen-bond donors (Lipinski definition) is 0. The third kappa shape index (κ3) is 3.60. The Morgan fingerprint density at radius 3 is 2.10 bits per heavy atom. The number of carbonyl (C=O) groups excluding carboxylic acids is 2. The van der Waals surface area contributed by atoms with Gasteiger partial charge in [-0.15, -0.1) is 0 Å². The van der Waals surface area contributed by atoms with Crippen LogP contribution in [0.25, 0.3) is 0 Å². The largest absolute Gasteiger partial charge is 0.544 e. The molecule has 4 saturated carbocycles. The molecule has 0 unspecified atom stereocenters. The topological polar surface area (TPSA) is 75.7 Å². The minimum Gasteiger partial charge on any atom is -0.544 e. The van der Waals surface area contributed by atoms with Gasteiger partial charge in [0.25, 0.3) is 0 Å². The number of alkyl halides is 2.